The second-order valence-electron chi connectivity index (χ2n) is 3.60. The zero-order valence-corrected chi connectivity index (χ0v) is 8.72. The van der Waals surface area contributed by atoms with Crippen molar-refractivity contribution < 1.29 is 9.59 Å². The lowest BCUT2D eigenvalue weighted by Gasteiger charge is -2.26. The topological polar surface area (TPSA) is 93.2 Å². The van der Waals surface area contributed by atoms with Crippen LogP contribution in [0.3, 0.4) is 0 Å². The highest BCUT2D eigenvalue weighted by atomic mass is 16.2. The van der Waals surface area contributed by atoms with E-state index in [1.54, 1.807) is 12.3 Å². The molecule has 0 spiro atoms. The molecule has 1 aliphatic rings. The lowest BCUT2D eigenvalue weighted by molar-refractivity contribution is -0.138. The Morgan fingerprint density at radius 1 is 1.62 bits per heavy atom. The molecule has 0 bridgehead atoms. The minimum Gasteiger partial charge on any atom is -0.382 e. The van der Waals surface area contributed by atoms with Crippen LogP contribution >= 0.6 is 0 Å². The number of amides is 2. The number of nitrogens with one attached hydrogen (secondary N) is 1. The Morgan fingerprint density at radius 3 is 3.06 bits per heavy atom. The van der Waals surface area contributed by atoms with Crippen LogP contribution in [0.2, 0.25) is 0 Å². The van der Waals surface area contributed by atoms with Gasteiger partial charge in [-0.05, 0) is 6.07 Å². The highest BCUT2D eigenvalue weighted by Crippen LogP contribution is 1.99. The molecule has 86 valence electrons. The molecule has 1 aliphatic heterocycles. The van der Waals surface area contributed by atoms with E-state index in [0.717, 1.165) is 0 Å². The SMILES string of the molecule is Nc1ccn(CC(=O)N2CCNC(=O)C2)n1. The summed E-state index contributed by atoms with van der Waals surface area (Å²) in [5, 5.41) is 6.57. The molecule has 0 saturated carbocycles. The Kier molecular flexibility index (Phi) is 2.76. The molecule has 1 aromatic heterocycles. The number of hydrogen-bond donors (Lipinski definition) is 2. The van der Waals surface area contributed by atoms with E-state index in [2.05, 4.69) is 10.4 Å². The van der Waals surface area contributed by atoms with Crippen molar-refractivity contribution in [1.29, 1.82) is 0 Å². The fourth-order valence-electron chi connectivity index (χ4n) is 1.56. The van der Waals surface area contributed by atoms with Crippen molar-refractivity contribution >= 4 is 17.6 Å². The van der Waals surface area contributed by atoms with E-state index in [1.807, 2.05) is 0 Å². The van der Waals surface area contributed by atoms with Gasteiger partial charge in [-0.15, -0.1) is 0 Å². The van der Waals surface area contributed by atoms with Crippen LogP contribution in [0.1, 0.15) is 0 Å². The largest absolute Gasteiger partial charge is 0.382 e. The van der Waals surface area contributed by atoms with E-state index < -0.39 is 0 Å². The van der Waals surface area contributed by atoms with Crippen LogP contribution in [-0.4, -0.2) is 46.1 Å². The van der Waals surface area contributed by atoms with Gasteiger partial charge in [-0.2, -0.15) is 5.10 Å². The lowest BCUT2D eigenvalue weighted by Crippen LogP contribution is -2.50. The van der Waals surface area contributed by atoms with E-state index in [-0.39, 0.29) is 24.9 Å². The van der Waals surface area contributed by atoms with Crippen molar-refractivity contribution in [3.05, 3.63) is 12.3 Å². The number of nitrogens with zero attached hydrogens (tertiary/aromatic N) is 3. The second-order valence-corrected chi connectivity index (χ2v) is 3.60. The maximum atomic E-state index is 11.8. The van der Waals surface area contributed by atoms with E-state index >= 15 is 0 Å². The molecule has 1 aromatic rings. The summed E-state index contributed by atoms with van der Waals surface area (Å²) in [6.45, 7) is 1.28. The molecule has 7 heteroatoms. The average Bonchev–Trinajstić information content (AvgIpc) is 2.64. The predicted octanol–water partition coefficient (Wildman–Crippen LogP) is -1.58. The standard InChI is InChI=1S/C9H13N5O2/c10-7-1-3-14(12-7)6-9(16)13-4-2-11-8(15)5-13/h1,3H,2,4-6H2,(H2,10,12)(H,11,15). The zero-order valence-electron chi connectivity index (χ0n) is 8.72. The van der Waals surface area contributed by atoms with Gasteiger partial charge in [-0.1, -0.05) is 0 Å². The van der Waals surface area contributed by atoms with Gasteiger partial charge < -0.3 is 16.0 Å². The Bertz CT molecular complexity index is 414. The molecule has 0 aromatic carbocycles. The summed E-state index contributed by atoms with van der Waals surface area (Å²) in [6, 6.07) is 1.62. The first-order chi connectivity index (χ1) is 7.65. The summed E-state index contributed by atoms with van der Waals surface area (Å²) < 4.78 is 1.46. The summed E-state index contributed by atoms with van der Waals surface area (Å²) in [4.78, 5) is 24.4. The third kappa shape index (κ3) is 2.30. The van der Waals surface area contributed by atoms with Gasteiger partial charge in [0.25, 0.3) is 0 Å². The number of anilines is 1. The highest BCUT2D eigenvalue weighted by molar-refractivity contribution is 5.85. The number of aromatic nitrogens is 2. The molecule has 0 radical (unpaired) electrons. The molecular formula is C9H13N5O2. The molecular weight excluding hydrogens is 210 g/mol. The molecule has 0 aliphatic carbocycles. The number of carbonyl (C=O) groups excluding carboxylic acids is 2. The maximum Gasteiger partial charge on any atom is 0.244 e. The van der Waals surface area contributed by atoms with Gasteiger partial charge in [-0.25, -0.2) is 0 Å². The molecule has 1 saturated heterocycles. The quantitative estimate of drug-likeness (QED) is 0.633. The van der Waals surface area contributed by atoms with Crippen molar-refractivity contribution in [3.8, 4) is 0 Å². The van der Waals surface area contributed by atoms with E-state index in [1.165, 1.54) is 9.58 Å². The van der Waals surface area contributed by atoms with Crippen LogP contribution in [-0.2, 0) is 16.1 Å². The van der Waals surface area contributed by atoms with Gasteiger partial charge >= 0.3 is 0 Å². The average molecular weight is 223 g/mol. The molecule has 3 N–H and O–H groups in total. The van der Waals surface area contributed by atoms with Crippen molar-refractivity contribution in [2.75, 3.05) is 25.4 Å². The molecule has 2 rings (SSSR count). The van der Waals surface area contributed by atoms with Gasteiger partial charge in [0, 0.05) is 19.3 Å². The molecule has 2 amide bonds. The Morgan fingerprint density at radius 2 is 2.44 bits per heavy atom. The number of nitrogens with two attached hydrogens (primary N) is 1. The summed E-state index contributed by atoms with van der Waals surface area (Å²) in [5.41, 5.74) is 5.43. The van der Waals surface area contributed by atoms with Gasteiger partial charge in [0.15, 0.2) is 0 Å². The highest BCUT2D eigenvalue weighted by Gasteiger charge is 2.21. The van der Waals surface area contributed by atoms with E-state index in [0.29, 0.717) is 18.9 Å². The van der Waals surface area contributed by atoms with Crippen LogP contribution in [0.15, 0.2) is 12.3 Å². The lowest BCUT2D eigenvalue weighted by atomic mass is 10.3. The van der Waals surface area contributed by atoms with Gasteiger partial charge in [0.1, 0.15) is 12.4 Å². The Balaban J connectivity index is 1.94. The number of rotatable bonds is 2. The number of carbonyl (C=O) groups is 2. The smallest absolute Gasteiger partial charge is 0.244 e. The number of nitrogen functional groups attached to an aromatic ring is 1. The van der Waals surface area contributed by atoms with E-state index in [9.17, 15) is 9.59 Å². The van der Waals surface area contributed by atoms with Crippen LogP contribution in [0.5, 0.6) is 0 Å². The predicted molar refractivity (Wildman–Crippen MR) is 56.2 cm³/mol. The number of piperazine rings is 1. The fourth-order valence-corrected chi connectivity index (χ4v) is 1.56. The first-order valence-electron chi connectivity index (χ1n) is 4.98. The Hall–Kier alpha value is -2.05. The van der Waals surface area contributed by atoms with Gasteiger partial charge in [0.2, 0.25) is 11.8 Å². The first-order valence-corrected chi connectivity index (χ1v) is 4.98. The molecule has 1 fully saturated rings. The van der Waals surface area contributed by atoms with Crippen LogP contribution in [0, 0.1) is 0 Å². The monoisotopic (exact) mass is 223 g/mol. The van der Waals surface area contributed by atoms with E-state index in [4.69, 9.17) is 5.73 Å². The molecule has 7 nitrogen and oxygen atoms in total. The van der Waals surface area contributed by atoms with Crippen molar-refractivity contribution in [2.45, 2.75) is 6.54 Å². The minimum atomic E-state index is -0.127. The van der Waals surface area contributed by atoms with Crippen molar-refractivity contribution in [1.82, 2.24) is 20.0 Å². The third-order valence-electron chi connectivity index (χ3n) is 2.35. The van der Waals surface area contributed by atoms with Crippen LogP contribution in [0.25, 0.3) is 0 Å². The van der Waals surface area contributed by atoms with Gasteiger partial charge in [0.05, 0.1) is 6.54 Å². The Labute approximate surface area is 92.2 Å². The van der Waals surface area contributed by atoms with Crippen LogP contribution in [0.4, 0.5) is 5.82 Å². The molecule has 16 heavy (non-hydrogen) atoms. The van der Waals surface area contributed by atoms with Gasteiger partial charge in [-0.3, -0.25) is 14.3 Å². The number of hydrogen-bond acceptors (Lipinski definition) is 4. The van der Waals surface area contributed by atoms with Crippen molar-refractivity contribution in [3.63, 3.8) is 0 Å². The van der Waals surface area contributed by atoms with Crippen LogP contribution < -0.4 is 11.1 Å². The second kappa shape index (κ2) is 4.21. The molecule has 0 atom stereocenters. The summed E-state index contributed by atoms with van der Waals surface area (Å²) >= 11 is 0. The summed E-state index contributed by atoms with van der Waals surface area (Å²) in [6.07, 6.45) is 1.64. The molecule has 2 heterocycles. The zero-order chi connectivity index (χ0) is 11.5. The third-order valence-corrected chi connectivity index (χ3v) is 2.35. The summed E-state index contributed by atoms with van der Waals surface area (Å²) in [7, 11) is 0. The normalized spacial score (nSPS) is 16.0. The minimum absolute atomic E-state index is 0.116. The summed E-state index contributed by atoms with van der Waals surface area (Å²) in [5.74, 6) is 0.127. The first kappa shape index (κ1) is 10.5. The maximum absolute atomic E-state index is 11.8. The molecule has 0 unspecified atom stereocenters. The van der Waals surface area contributed by atoms with Crippen molar-refractivity contribution in [2.24, 2.45) is 0 Å². The fraction of sp³-hybridized carbons (Fsp3) is 0.444.